The van der Waals surface area contributed by atoms with Gasteiger partial charge in [-0.15, -0.1) is 0 Å². The minimum Gasteiger partial charge on any atom is -0.490 e. The Morgan fingerprint density at radius 3 is 2.45 bits per heavy atom. The van der Waals surface area contributed by atoms with Crippen molar-refractivity contribution in [1.29, 1.82) is 0 Å². The van der Waals surface area contributed by atoms with E-state index < -0.39 is 10.9 Å². The van der Waals surface area contributed by atoms with E-state index in [9.17, 15) is 24.8 Å². The SMILES string of the molecule is COc1ccc2[nH]c(-c3ccccc3C(=O)N3CC=C4C(C)(C)C(c5ccc(C(=O)O)cc5)=CC[C@]4(C)C3)nc2c1[N+](=O)[O-]. The summed E-state index contributed by atoms with van der Waals surface area (Å²) >= 11 is 0. The van der Waals surface area contributed by atoms with Crippen molar-refractivity contribution in [3.05, 3.63) is 105 Å². The van der Waals surface area contributed by atoms with Crippen LogP contribution in [-0.4, -0.2) is 57.0 Å². The van der Waals surface area contributed by atoms with Crippen LogP contribution in [0.4, 0.5) is 5.69 Å². The second kappa shape index (κ2) is 10.5. The summed E-state index contributed by atoms with van der Waals surface area (Å²) in [4.78, 5) is 46.3. The normalized spacial score (nSPS) is 19.1. The van der Waals surface area contributed by atoms with E-state index in [1.54, 1.807) is 36.4 Å². The molecule has 1 aliphatic heterocycles. The third-order valence-corrected chi connectivity index (χ3v) is 8.95. The van der Waals surface area contributed by atoms with Crippen LogP contribution in [0.5, 0.6) is 5.75 Å². The average Bonchev–Trinajstić information content (AvgIpc) is 3.44. The molecule has 44 heavy (non-hydrogen) atoms. The van der Waals surface area contributed by atoms with Crippen LogP contribution >= 0.6 is 0 Å². The first kappa shape index (κ1) is 28.9. The van der Waals surface area contributed by atoms with Gasteiger partial charge in [0.25, 0.3) is 5.91 Å². The number of fused-ring (bicyclic) bond motifs is 2. The van der Waals surface area contributed by atoms with E-state index in [2.05, 4.69) is 42.9 Å². The second-order valence-corrected chi connectivity index (χ2v) is 12.1. The maximum absolute atomic E-state index is 14.1. The molecule has 10 heteroatoms. The summed E-state index contributed by atoms with van der Waals surface area (Å²) in [5, 5.41) is 21.1. The fourth-order valence-electron chi connectivity index (χ4n) is 6.91. The average molecular weight is 593 g/mol. The first-order chi connectivity index (χ1) is 20.9. The number of imidazole rings is 1. The molecular weight excluding hydrogens is 560 g/mol. The molecule has 1 aromatic heterocycles. The molecule has 224 valence electrons. The number of carbonyl (C=O) groups is 2. The van der Waals surface area contributed by atoms with Gasteiger partial charge in [0.1, 0.15) is 5.82 Å². The number of nitro groups is 1. The van der Waals surface area contributed by atoms with Gasteiger partial charge in [-0.25, -0.2) is 9.78 Å². The quantitative estimate of drug-likeness (QED) is 0.143. The van der Waals surface area contributed by atoms with Crippen molar-refractivity contribution < 1.29 is 24.4 Å². The molecule has 0 spiro atoms. The van der Waals surface area contributed by atoms with Gasteiger partial charge in [0.15, 0.2) is 11.3 Å². The predicted octanol–water partition coefficient (Wildman–Crippen LogP) is 6.75. The van der Waals surface area contributed by atoms with E-state index in [-0.39, 0.29) is 39.3 Å². The van der Waals surface area contributed by atoms with Crippen LogP contribution in [0.3, 0.4) is 0 Å². The number of carboxylic acids is 1. The highest BCUT2D eigenvalue weighted by Gasteiger charge is 2.46. The number of allylic oxidation sites excluding steroid dienone is 2. The predicted molar refractivity (Wildman–Crippen MR) is 167 cm³/mol. The van der Waals surface area contributed by atoms with Crippen molar-refractivity contribution in [3.8, 4) is 17.1 Å². The van der Waals surface area contributed by atoms with Crippen molar-refractivity contribution in [2.45, 2.75) is 27.2 Å². The van der Waals surface area contributed by atoms with Gasteiger partial charge in [-0.3, -0.25) is 14.9 Å². The summed E-state index contributed by atoms with van der Waals surface area (Å²) < 4.78 is 5.20. The van der Waals surface area contributed by atoms with Crippen LogP contribution < -0.4 is 4.74 Å². The Bertz CT molecular complexity index is 1900. The van der Waals surface area contributed by atoms with Crippen molar-refractivity contribution in [1.82, 2.24) is 14.9 Å². The molecule has 2 N–H and O–H groups in total. The van der Waals surface area contributed by atoms with Gasteiger partial charge in [-0.1, -0.05) is 68.8 Å². The molecule has 2 aliphatic rings. The Labute approximate surface area is 253 Å². The van der Waals surface area contributed by atoms with Gasteiger partial charge in [0.05, 0.1) is 28.7 Å². The molecule has 0 fully saturated rings. The number of rotatable bonds is 6. The summed E-state index contributed by atoms with van der Waals surface area (Å²) in [6, 6.07) is 17.3. The summed E-state index contributed by atoms with van der Waals surface area (Å²) in [5.74, 6) is -0.635. The van der Waals surface area contributed by atoms with Crippen molar-refractivity contribution in [3.63, 3.8) is 0 Å². The first-order valence-corrected chi connectivity index (χ1v) is 14.3. The first-order valence-electron chi connectivity index (χ1n) is 14.3. The number of hydrogen-bond donors (Lipinski definition) is 2. The van der Waals surface area contributed by atoms with E-state index in [0.29, 0.717) is 35.6 Å². The van der Waals surface area contributed by atoms with Crippen molar-refractivity contribution in [2.24, 2.45) is 10.8 Å². The third kappa shape index (κ3) is 4.63. The van der Waals surface area contributed by atoms with Gasteiger partial charge in [0, 0.05) is 29.5 Å². The molecule has 4 aromatic rings. The minimum atomic E-state index is -0.954. The molecule has 6 rings (SSSR count). The summed E-state index contributed by atoms with van der Waals surface area (Å²) in [6.07, 6.45) is 5.09. The van der Waals surface area contributed by atoms with Crippen LogP contribution in [0.25, 0.3) is 28.0 Å². The molecule has 1 atom stereocenters. The molecule has 0 radical (unpaired) electrons. The Morgan fingerprint density at radius 2 is 1.77 bits per heavy atom. The van der Waals surface area contributed by atoms with Crippen LogP contribution in [-0.2, 0) is 0 Å². The Kier molecular flexibility index (Phi) is 6.87. The third-order valence-electron chi connectivity index (χ3n) is 8.95. The van der Waals surface area contributed by atoms with Gasteiger partial charge >= 0.3 is 11.7 Å². The number of carboxylic acid groups (broad SMARTS) is 1. The number of methoxy groups -OCH3 is 1. The fourth-order valence-corrected chi connectivity index (χ4v) is 6.91. The largest absolute Gasteiger partial charge is 0.490 e. The Hall–Kier alpha value is -5.25. The summed E-state index contributed by atoms with van der Waals surface area (Å²) in [5.41, 5.74) is 4.40. The number of nitrogens with zero attached hydrogens (tertiary/aromatic N) is 3. The molecule has 0 saturated heterocycles. The lowest BCUT2D eigenvalue weighted by atomic mass is 9.58. The van der Waals surface area contributed by atoms with Gasteiger partial charge in [0.2, 0.25) is 0 Å². The molecule has 1 amide bonds. The molecular formula is C34H32N4O6. The van der Waals surface area contributed by atoms with E-state index in [1.807, 2.05) is 23.1 Å². The Balaban J connectivity index is 1.31. The number of ether oxygens (including phenoxy) is 1. The second-order valence-electron chi connectivity index (χ2n) is 12.1. The van der Waals surface area contributed by atoms with Gasteiger partial charge < -0.3 is 19.7 Å². The van der Waals surface area contributed by atoms with Gasteiger partial charge in [-0.05, 0) is 47.9 Å². The molecule has 2 heterocycles. The number of aromatic carboxylic acids is 1. The van der Waals surface area contributed by atoms with Crippen molar-refractivity contribution in [2.75, 3.05) is 20.2 Å². The van der Waals surface area contributed by atoms with Gasteiger partial charge in [-0.2, -0.15) is 0 Å². The standard InChI is InChI=1S/C34H32N4O6/c1-33(2)24(20-9-11-21(12-10-20)32(40)41)15-17-34(3)19-37(18-16-27(33)34)31(39)23-8-6-5-7-22(23)30-35-25-13-14-26(44-4)29(38(42)43)28(25)36-30/h5-16H,17-19H2,1-4H3,(H,35,36)(H,40,41)/t34-/m1/s1. The highest BCUT2D eigenvalue weighted by molar-refractivity contribution is 6.01. The van der Waals surface area contributed by atoms with E-state index in [1.165, 1.54) is 18.7 Å². The lowest BCUT2D eigenvalue weighted by Crippen LogP contribution is -2.48. The number of amides is 1. The summed E-state index contributed by atoms with van der Waals surface area (Å²) in [6.45, 7) is 7.47. The number of H-pyrrole nitrogens is 1. The number of hydrogen-bond acceptors (Lipinski definition) is 6. The zero-order valence-electron chi connectivity index (χ0n) is 24.9. The monoisotopic (exact) mass is 592 g/mol. The van der Waals surface area contributed by atoms with Crippen molar-refractivity contribution >= 4 is 34.2 Å². The lowest BCUT2D eigenvalue weighted by Gasteiger charge is -2.50. The molecule has 0 unspecified atom stereocenters. The zero-order chi connectivity index (χ0) is 31.4. The van der Waals surface area contributed by atoms with Crippen LogP contribution in [0.15, 0.2) is 78.4 Å². The minimum absolute atomic E-state index is 0.110. The highest BCUT2D eigenvalue weighted by atomic mass is 16.6. The smallest absolute Gasteiger partial charge is 0.338 e. The molecule has 1 aliphatic carbocycles. The number of carbonyl (C=O) groups excluding carboxylic acids is 1. The Morgan fingerprint density at radius 1 is 1.05 bits per heavy atom. The topological polar surface area (TPSA) is 139 Å². The molecule has 0 saturated carbocycles. The number of nitrogens with one attached hydrogen (secondary N) is 1. The van der Waals surface area contributed by atoms with Crippen LogP contribution in [0.1, 0.15) is 53.5 Å². The molecule has 0 bridgehead atoms. The maximum Gasteiger partial charge on any atom is 0.338 e. The summed E-state index contributed by atoms with van der Waals surface area (Å²) in [7, 11) is 1.37. The van der Waals surface area contributed by atoms with E-state index >= 15 is 0 Å². The fraction of sp³-hybridized carbons (Fsp3) is 0.265. The highest BCUT2D eigenvalue weighted by Crippen LogP contribution is 2.55. The van der Waals surface area contributed by atoms with Crippen LogP contribution in [0, 0.1) is 20.9 Å². The molecule has 3 aromatic carbocycles. The number of aromatic amines is 1. The van der Waals surface area contributed by atoms with E-state index in [4.69, 9.17) is 4.74 Å². The number of aromatic nitrogens is 2. The lowest BCUT2D eigenvalue weighted by molar-refractivity contribution is -0.384. The number of benzene rings is 3. The maximum atomic E-state index is 14.1. The molecule has 10 nitrogen and oxygen atoms in total. The van der Waals surface area contributed by atoms with Crippen LogP contribution in [0.2, 0.25) is 0 Å². The van der Waals surface area contributed by atoms with E-state index in [0.717, 1.165) is 17.6 Å². The number of nitro benzene ring substituents is 1. The zero-order valence-corrected chi connectivity index (χ0v) is 24.9.